The van der Waals surface area contributed by atoms with Crippen LogP contribution >= 0.6 is 0 Å². The predicted molar refractivity (Wildman–Crippen MR) is 175 cm³/mol. The maximum Gasteiger partial charge on any atom is 0.420 e. The third-order valence-corrected chi connectivity index (χ3v) is 9.02. The van der Waals surface area contributed by atoms with E-state index in [1.165, 1.54) is 9.13 Å². The van der Waals surface area contributed by atoms with Crippen molar-refractivity contribution in [3.63, 3.8) is 0 Å². The Bertz CT molecular complexity index is 2510. The molecule has 0 unspecified atom stereocenters. The van der Waals surface area contributed by atoms with Crippen molar-refractivity contribution < 1.29 is 35.1 Å². The number of alkyl halides is 3. The van der Waals surface area contributed by atoms with Crippen molar-refractivity contribution in [1.82, 2.24) is 9.13 Å². The Labute approximate surface area is 273 Å². The Morgan fingerprint density at radius 2 is 0.837 bits per heavy atom. The van der Waals surface area contributed by atoms with Gasteiger partial charge in [0, 0.05) is 21.5 Å². The Morgan fingerprint density at radius 3 is 1.27 bits per heavy atom. The minimum Gasteiger partial charge on any atom is -0.309 e. The molecule has 10 heteroatoms. The van der Waals surface area contributed by atoms with Gasteiger partial charge in [0.2, 0.25) is 5.82 Å². The quantitative estimate of drug-likeness (QED) is 0.101. The standard InChI is InChI=1S/C39H22F8N2/c1-19-11-13-28-24(15-19)22-7-3-5-9-26(22)48(28)30-17-21(32-34(40)36(42)38(44)37(43)35(32)41)18-31(33(30)39(45,46)47)49-27-10-6-4-8-23(27)25-16-20(2)12-14-29(25)49/h3-18H,1-2H3. The molecule has 6 aromatic carbocycles. The van der Waals surface area contributed by atoms with Crippen LogP contribution in [0.15, 0.2) is 97.1 Å². The summed E-state index contributed by atoms with van der Waals surface area (Å²) in [5.41, 5.74) is -1.24. The third kappa shape index (κ3) is 4.46. The number of fused-ring (bicyclic) bond motifs is 6. The summed E-state index contributed by atoms with van der Waals surface area (Å²) in [5.74, 6) is -11.1. The smallest absolute Gasteiger partial charge is 0.309 e. The average molecular weight is 671 g/mol. The van der Waals surface area contributed by atoms with Crippen molar-refractivity contribution >= 4 is 43.6 Å². The number of nitrogens with zero attached hydrogens (tertiary/aromatic N) is 2. The van der Waals surface area contributed by atoms with Gasteiger partial charge in [-0.2, -0.15) is 13.2 Å². The second-order valence-corrected chi connectivity index (χ2v) is 12.1. The van der Waals surface area contributed by atoms with Crippen LogP contribution in [0.5, 0.6) is 0 Å². The molecule has 0 spiro atoms. The maximum atomic E-state index is 15.8. The van der Waals surface area contributed by atoms with Gasteiger partial charge in [0.15, 0.2) is 23.3 Å². The molecule has 2 nitrogen and oxygen atoms in total. The zero-order chi connectivity index (χ0) is 34.5. The Balaban J connectivity index is 1.64. The van der Waals surface area contributed by atoms with Gasteiger partial charge in [-0.1, -0.05) is 59.7 Å². The van der Waals surface area contributed by atoms with Crippen LogP contribution in [0.3, 0.4) is 0 Å². The summed E-state index contributed by atoms with van der Waals surface area (Å²) in [6.45, 7) is 3.66. The lowest BCUT2D eigenvalue weighted by Crippen LogP contribution is -2.16. The van der Waals surface area contributed by atoms with Crippen LogP contribution in [0.25, 0.3) is 66.1 Å². The molecule has 2 heterocycles. The molecule has 8 rings (SSSR count). The molecule has 0 aliphatic heterocycles. The first-order valence-electron chi connectivity index (χ1n) is 15.1. The fraction of sp³-hybridized carbons (Fsp3) is 0.0769. The SMILES string of the molecule is Cc1ccc2c(c1)c1ccccc1n2-c1cc(-c2c(F)c(F)c(F)c(F)c2F)cc(-n2c3ccccc3c3cc(C)ccc32)c1C(F)(F)F. The highest BCUT2D eigenvalue weighted by Crippen LogP contribution is 2.47. The van der Waals surface area contributed by atoms with Gasteiger partial charge >= 0.3 is 6.18 Å². The molecular weight excluding hydrogens is 648 g/mol. The molecule has 2 aromatic heterocycles. The van der Waals surface area contributed by atoms with Crippen LogP contribution in [-0.2, 0) is 6.18 Å². The first kappa shape index (κ1) is 30.7. The summed E-state index contributed by atoms with van der Waals surface area (Å²) in [6.07, 6.45) is -5.08. The van der Waals surface area contributed by atoms with E-state index in [0.717, 1.165) is 23.3 Å². The van der Waals surface area contributed by atoms with E-state index in [1.807, 2.05) is 26.0 Å². The van der Waals surface area contributed by atoms with Crippen molar-refractivity contribution in [2.45, 2.75) is 20.0 Å². The van der Waals surface area contributed by atoms with Gasteiger partial charge in [0.05, 0.1) is 39.0 Å². The van der Waals surface area contributed by atoms with Crippen molar-refractivity contribution in [2.24, 2.45) is 0 Å². The van der Waals surface area contributed by atoms with Crippen LogP contribution in [0.4, 0.5) is 35.1 Å². The molecule has 0 saturated heterocycles. The fourth-order valence-corrected chi connectivity index (χ4v) is 6.95. The molecule has 8 aromatic rings. The number of aryl methyl sites for hydroxylation is 2. The van der Waals surface area contributed by atoms with Crippen molar-refractivity contribution in [2.75, 3.05) is 0 Å². The normalized spacial score (nSPS) is 12.3. The summed E-state index contributed by atoms with van der Waals surface area (Å²) >= 11 is 0. The van der Waals surface area contributed by atoms with E-state index < -0.39 is 63.3 Å². The molecule has 244 valence electrons. The maximum absolute atomic E-state index is 15.8. The van der Waals surface area contributed by atoms with Gasteiger partial charge in [0.1, 0.15) is 5.56 Å². The molecule has 49 heavy (non-hydrogen) atoms. The van der Waals surface area contributed by atoms with Crippen LogP contribution in [0.1, 0.15) is 16.7 Å². The summed E-state index contributed by atoms with van der Waals surface area (Å²) in [7, 11) is 0. The third-order valence-electron chi connectivity index (χ3n) is 9.02. The van der Waals surface area contributed by atoms with Gasteiger partial charge in [-0.05, 0) is 67.9 Å². The van der Waals surface area contributed by atoms with E-state index >= 15 is 22.0 Å². The highest BCUT2D eigenvalue weighted by Gasteiger charge is 2.40. The highest BCUT2D eigenvalue weighted by atomic mass is 19.4. The molecule has 0 atom stereocenters. The van der Waals surface area contributed by atoms with E-state index in [1.54, 1.807) is 72.8 Å². The second kappa shape index (κ2) is 10.7. The number of hydrogen-bond acceptors (Lipinski definition) is 0. The monoisotopic (exact) mass is 670 g/mol. The van der Waals surface area contributed by atoms with E-state index in [0.29, 0.717) is 43.6 Å². The summed E-state index contributed by atoms with van der Waals surface area (Å²) in [4.78, 5) is 0. The van der Waals surface area contributed by atoms with E-state index in [2.05, 4.69) is 0 Å². The first-order valence-corrected chi connectivity index (χ1v) is 15.1. The highest BCUT2D eigenvalue weighted by molar-refractivity contribution is 6.11. The van der Waals surface area contributed by atoms with Crippen LogP contribution in [0, 0.1) is 42.9 Å². The first-order chi connectivity index (χ1) is 23.4. The van der Waals surface area contributed by atoms with E-state index in [-0.39, 0.29) is 0 Å². The number of para-hydroxylation sites is 2. The molecule has 0 N–H and O–H groups in total. The van der Waals surface area contributed by atoms with Crippen molar-refractivity contribution in [1.29, 1.82) is 0 Å². The molecule has 0 saturated carbocycles. The average Bonchev–Trinajstić information content (AvgIpc) is 3.57. The predicted octanol–water partition coefficient (Wildman–Crippen LogP) is 11.9. The van der Waals surface area contributed by atoms with Crippen LogP contribution < -0.4 is 0 Å². The lowest BCUT2D eigenvalue weighted by Gasteiger charge is -2.23. The van der Waals surface area contributed by atoms with Crippen LogP contribution in [0.2, 0.25) is 0 Å². The second-order valence-electron chi connectivity index (χ2n) is 12.1. The summed E-state index contributed by atoms with van der Waals surface area (Å²) in [5, 5.41) is 2.42. The van der Waals surface area contributed by atoms with Gasteiger partial charge in [-0.25, -0.2) is 22.0 Å². The Morgan fingerprint density at radius 1 is 0.449 bits per heavy atom. The van der Waals surface area contributed by atoms with E-state index in [4.69, 9.17) is 0 Å². The van der Waals surface area contributed by atoms with Gasteiger partial charge in [-0.15, -0.1) is 0 Å². The van der Waals surface area contributed by atoms with Gasteiger partial charge < -0.3 is 9.13 Å². The molecule has 0 fully saturated rings. The number of rotatable bonds is 3. The van der Waals surface area contributed by atoms with E-state index in [9.17, 15) is 13.2 Å². The molecule has 0 amide bonds. The number of aromatic nitrogens is 2. The largest absolute Gasteiger partial charge is 0.420 e. The Hall–Kier alpha value is -5.64. The minimum absolute atomic E-state index is 0.340. The van der Waals surface area contributed by atoms with Gasteiger partial charge in [0.25, 0.3) is 0 Å². The molecule has 0 radical (unpaired) electrons. The zero-order valence-electron chi connectivity index (χ0n) is 25.7. The van der Waals surface area contributed by atoms with Gasteiger partial charge in [-0.3, -0.25) is 0 Å². The summed E-state index contributed by atoms with van der Waals surface area (Å²) in [6, 6.07) is 25.5. The molecular formula is C39H22F8N2. The van der Waals surface area contributed by atoms with Crippen molar-refractivity contribution in [3.8, 4) is 22.5 Å². The molecule has 0 aliphatic rings. The van der Waals surface area contributed by atoms with Crippen LogP contribution in [-0.4, -0.2) is 9.13 Å². The lowest BCUT2D eigenvalue weighted by atomic mass is 9.97. The number of hydrogen-bond donors (Lipinski definition) is 0. The molecule has 0 bridgehead atoms. The number of benzene rings is 6. The lowest BCUT2D eigenvalue weighted by molar-refractivity contribution is -0.137. The van der Waals surface area contributed by atoms with Crippen molar-refractivity contribution in [3.05, 3.63) is 143 Å². The summed E-state index contributed by atoms with van der Waals surface area (Å²) < 4.78 is 124. The minimum atomic E-state index is -5.08. The number of halogens is 8. The fourth-order valence-electron chi connectivity index (χ4n) is 6.95. The zero-order valence-corrected chi connectivity index (χ0v) is 25.7. The Kier molecular flexibility index (Phi) is 6.69. The topological polar surface area (TPSA) is 9.86 Å². The molecule has 0 aliphatic carbocycles.